The Morgan fingerprint density at radius 3 is 2.10 bits per heavy atom. The van der Waals surface area contributed by atoms with Crippen LogP contribution in [-0.2, 0) is 13.0 Å². The van der Waals surface area contributed by atoms with E-state index in [1.54, 1.807) is 0 Å². The van der Waals surface area contributed by atoms with Gasteiger partial charge in [-0.05, 0) is 34.7 Å². The molecule has 0 aromatic heterocycles. The third kappa shape index (κ3) is 3.86. The van der Waals surface area contributed by atoms with Gasteiger partial charge in [-0.3, -0.25) is 0 Å². The predicted molar refractivity (Wildman–Crippen MR) is 80.6 cm³/mol. The molecule has 0 aliphatic heterocycles. The molecule has 20 heavy (non-hydrogen) atoms. The van der Waals surface area contributed by atoms with Crippen LogP contribution in [0.2, 0.25) is 0 Å². The molecule has 102 valence electrons. The molecule has 0 spiro atoms. The Morgan fingerprint density at radius 1 is 0.950 bits per heavy atom. The van der Waals surface area contributed by atoms with Crippen LogP contribution in [0.4, 0.5) is 0 Å². The number of ether oxygens (including phenoxy) is 1. The first kappa shape index (κ1) is 14.1. The van der Waals surface area contributed by atoms with Gasteiger partial charge in [0, 0.05) is 0 Å². The van der Waals surface area contributed by atoms with Gasteiger partial charge >= 0.3 is 0 Å². The molecule has 2 aromatic rings. The SMILES string of the molecule is CC(C)c1ccc(COc2ccc(CC#N)cc2)cc1. The lowest BCUT2D eigenvalue weighted by molar-refractivity contribution is 0.306. The van der Waals surface area contributed by atoms with Gasteiger partial charge < -0.3 is 4.74 Å². The normalized spacial score (nSPS) is 10.3. The first-order chi connectivity index (χ1) is 9.69. The zero-order valence-corrected chi connectivity index (χ0v) is 12.0. The molecule has 0 saturated carbocycles. The highest BCUT2D eigenvalue weighted by Crippen LogP contribution is 2.17. The summed E-state index contributed by atoms with van der Waals surface area (Å²) < 4.78 is 5.74. The zero-order chi connectivity index (χ0) is 14.4. The number of hydrogen-bond donors (Lipinski definition) is 0. The van der Waals surface area contributed by atoms with E-state index in [1.807, 2.05) is 24.3 Å². The van der Waals surface area contributed by atoms with Crippen LogP contribution in [-0.4, -0.2) is 0 Å². The summed E-state index contributed by atoms with van der Waals surface area (Å²) >= 11 is 0. The van der Waals surface area contributed by atoms with Gasteiger partial charge in [-0.15, -0.1) is 0 Å². The second kappa shape index (κ2) is 6.77. The van der Waals surface area contributed by atoms with E-state index in [0.717, 1.165) is 16.9 Å². The molecule has 0 N–H and O–H groups in total. The summed E-state index contributed by atoms with van der Waals surface area (Å²) in [4.78, 5) is 0. The van der Waals surface area contributed by atoms with E-state index in [9.17, 15) is 0 Å². The van der Waals surface area contributed by atoms with Crippen LogP contribution in [0.1, 0.15) is 36.5 Å². The molecule has 0 atom stereocenters. The maximum atomic E-state index is 8.62. The second-order valence-corrected chi connectivity index (χ2v) is 5.16. The van der Waals surface area contributed by atoms with Crippen LogP contribution in [0.25, 0.3) is 0 Å². The van der Waals surface area contributed by atoms with Gasteiger partial charge in [0.15, 0.2) is 0 Å². The molecule has 2 heteroatoms. The van der Waals surface area contributed by atoms with E-state index in [2.05, 4.69) is 44.2 Å². The van der Waals surface area contributed by atoms with Gasteiger partial charge in [0.1, 0.15) is 12.4 Å². The van der Waals surface area contributed by atoms with E-state index < -0.39 is 0 Å². The van der Waals surface area contributed by atoms with E-state index in [1.165, 1.54) is 5.56 Å². The minimum atomic E-state index is 0.441. The highest BCUT2D eigenvalue weighted by molar-refractivity contribution is 5.29. The molecule has 2 aromatic carbocycles. The van der Waals surface area contributed by atoms with Gasteiger partial charge in [0.2, 0.25) is 0 Å². The zero-order valence-electron chi connectivity index (χ0n) is 12.0. The minimum absolute atomic E-state index is 0.441. The number of benzene rings is 2. The van der Waals surface area contributed by atoms with Crippen LogP contribution < -0.4 is 4.74 Å². The maximum Gasteiger partial charge on any atom is 0.119 e. The topological polar surface area (TPSA) is 33.0 Å². The van der Waals surface area contributed by atoms with Crippen LogP contribution in [0, 0.1) is 11.3 Å². The average molecular weight is 265 g/mol. The minimum Gasteiger partial charge on any atom is -0.489 e. The molecule has 0 unspecified atom stereocenters. The predicted octanol–water partition coefficient (Wildman–Crippen LogP) is 4.46. The molecule has 0 aliphatic carbocycles. The molecule has 0 amide bonds. The van der Waals surface area contributed by atoms with Crippen molar-refractivity contribution in [1.29, 1.82) is 5.26 Å². The Morgan fingerprint density at radius 2 is 1.55 bits per heavy atom. The van der Waals surface area contributed by atoms with Crippen molar-refractivity contribution in [3.8, 4) is 11.8 Å². The first-order valence-electron chi connectivity index (χ1n) is 6.86. The molecule has 0 heterocycles. The first-order valence-corrected chi connectivity index (χ1v) is 6.86. The maximum absolute atomic E-state index is 8.62. The van der Waals surface area contributed by atoms with Crippen LogP contribution >= 0.6 is 0 Å². The molecule has 0 aliphatic rings. The highest BCUT2D eigenvalue weighted by atomic mass is 16.5. The lowest BCUT2D eigenvalue weighted by atomic mass is 10.0. The third-order valence-corrected chi connectivity index (χ3v) is 3.26. The van der Waals surface area contributed by atoms with Crippen molar-refractivity contribution in [2.75, 3.05) is 0 Å². The standard InChI is InChI=1S/C18H19NO/c1-14(2)17-7-3-16(4-8-17)13-20-18-9-5-15(6-10-18)11-12-19/h3-10,14H,11,13H2,1-2H3. The Kier molecular flexibility index (Phi) is 4.79. The Balaban J connectivity index is 1.93. The van der Waals surface area contributed by atoms with Crippen molar-refractivity contribution < 1.29 is 4.74 Å². The van der Waals surface area contributed by atoms with Crippen LogP contribution in [0.3, 0.4) is 0 Å². The summed E-state index contributed by atoms with van der Waals surface area (Å²) in [6, 6.07) is 18.3. The fourth-order valence-electron chi connectivity index (χ4n) is 1.96. The highest BCUT2D eigenvalue weighted by Gasteiger charge is 2.00. The summed E-state index contributed by atoms with van der Waals surface area (Å²) in [5.74, 6) is 1.39. The third-order valence-electron chi connectivity index (χ3n) is 3.26. The number of rotatable bonds is 5. The molecule has 0 radical (unpaired) electrons. The van der Waals surface area contributed by atoms with Gasteiger partial charge in [-0.1, -0.05) is 50.2 Å². The van der Waals surface area contributed by atoms with Crippen LogP contribution in [0.5, 0.6) is 5.75 Å². The molecular formula is C18H19NO. The fraction of sp³-hybridized carbons (Fsp3) is 0.278. The monoisotopic (exact) mass is 265 g/mol. The van der Waals surface area contributed by atoms with Crippen LogP contribution in [0.15, 0.2) is 48.5 Å². The lowest BCUT2D eigenvalue weighted by Crippen LogP contribution is -1.96. The van der Waals surface area contributed by atoms with E-state index in [4.69, 9.17) is 10.00 Å². The number of nitrogens with zero attached hydrogens (tertiary/aromatic N) is 1. The Labute approximate surface area is 120 Å². The summed E-state index contributed by atoms with van der Waals surface area (Å²) in [6.07, 6.45) is 0.441. The molecule has 0 saturated heterocycles. The summed E-state index contributed by atoms with van der Waals surface area (Å²) in [7, 11) is 0. The van der Waals surface area contributed by atoms with Crippen molar-refractivity contribution in [2.24, 2.45) is 0 Å². The van der Waals surface area contributed by atoms with Crippen molar-refractivity contribution >= 4 is 0 Å². The van der Waals surface area contributed by atoms with Gasteiger partial charge in [0.05, 0.1) is 12.5 Å². The average Bonchev–Trinajstić information content (AvgIpc) is 2.47. The summed E-state index contributed by atoms with van der Waals surface area (Å²) in [5, 5.41) is 8.62. The van der Waals surface area contributed by atoms with E-state index in [-0.39, 0.29) is 0 Å². The smallest absolute Gasteiger partial charge is 0.119 e. The van der Waals surface area contributed by atoms with Crippen molar-refractivity contribution in [3.63, 3.8) is 0 Å². The Hall–Kier alpha value is -2.27. The Bertz CT molecular complexity index is 576. The van der Waals surface area contributed by atoms with Crippen molar-refractivity contribution in [2.45, 2.75) is 32.8 Å². The molecule has 2 rings (SSSR count). The number of nitriles is 1. The number of hydrogen-bond acceptors (Lipinski definition) is 2. The van der Waals surface area contributed by atoms with Gasteiger partial charge in [-0.25, -0.2) is 0 Å². The fourth-order valence-corrected chi connectivity index (χ4v) is 1.96. The van der Waals surface area contributed by atoms with Crippen molar-refractivity contribution in [1.82, 2.24) is 0 Å². The second-order valence-electron chi connectivity index (χ2n) is 5.16. The summed E-state index contributed by atoms with van der Waals surface area (Å²) in [5.41, 5.74) is 3.52. The van der Waals surface area contributed by atoms with Gasteiger partial charge in [-0.2, -0.15) is 5.26 Å². The van der Waals surface area contributed by atoms with Gasteiger partial charge in [0.25, 0.3) is 0 Å². The quantitative estimate of drug-likeness (QED) is 0.799. The van der Waals surface area contributed by atoms with E-state index in [0.29, 0.717) is 18.9 Å². The van der Waals surface area contributed by atoms with E-state index >= 15 is 0 Å². The lowest BCUT2D eigenvalue weighted by Gasteiger charge is -2.09. The molecule has 0 bridgehead atoms. The summed E-state index contributed by atoms with van der Waals surface area (Å²) in [6.45, 7) is 4.94. The molecular weight excluding hydrogens is 246 g/mol. The van der Waals surface area contributed by atoms with Crippen molar-refractivity contribution in [3.05, 3.63) is 65.2 Å². The molecule has 0 fully saturated rings. The molecule has 2 nitrogen and oxygen atoms in total. The largest absolute Gasteiger partial charge is 0.489 e.